The van der Waals surface area contributed by atoms with Gasteiger partial charge in [0.2, 0.25) is 0 Å². The number of aromatic nitrogens is 3. The van der Waals surface area contributed by atoms with Crippen molar-refractivity contribution >= 4 is 15.7 Å². The molecular weight excluding hydrogens is 393 g/mol. The standard InChI is InChI=1S/C18H17F3N4O2S/c1-2-3-15-10-13(8-9-22-15)17-23-11-16(24-17)12-4-6-14(7-5-12)25-28(26,27)18(19,20)21/h4-11,25H,2-3H2,1H3,(H,23,24). The lowest BCUT2D eigenvalue weighted by atomic mass is 10.1. The third-order valence-corrected chi connectivity index (χ3v) is 5.03. The zero-order chi connectivity index (χ0) is 20.4. The van der Waals surface area contributed by atoms with E-state index in [1.807, 2.05) is 12.1 Å². The summed E-state index contributed by atoms with van der Waals surface area (Å²) in [6.07, 6.45) is 5.22. The van der Waals surface area contributed by atoms with E-state index >= 15 is 0 Å². The van der Waals surface area contributed by atoms with E-state index in [9.17, 15) is 21.6 Å². The Morgan fingerprint density at radius 3 is 2.46 bits per heavy atom. The van der Waals surface area contributed by atoms with Crippen molar-refractivity contribution < 1.29 is 21.6 Å². The lowest BCUT2D eigenvalue weighted by Gasteiger charge is -2.10. The first-order valence-corrected chi connectivity index (χ1v) is 9.88. The highest BCUT2D eigenvalue weighted by Crippen LogP contribution is 2.27. The fraction of sp³-hybridized carbons (Fsp3) is 0.222. The molecule has 28 heavy (non-hydrogen) atoms. The first kappa shape index (κ1) is 19.9. The number of pyridine rings is 1. The van der Waals surface area contributed by atoms with E-state index in [2.05, 4.69) is 21.9 Å². The molecule has 2 N–H and O–H groups in total. The second-order valence-electron chi connectivity index (χ2n) is 6.05. The van der Waals surface area contributed by atoms with Gasteiger partial charge in [0, 0.05) is 34.9 Å². The maximum Gasteiger partial charge on any atom is 0.516 e. The van der Waals surface area contributed by atoms with Gasteiger partial charge in [0.1, 0.15) is 5.82 Å². The molecule has 3 aromatic rings. The summed E-state index contributed by atoms with van der Waals surface area (Å²) in [5.74, 6) is 0.636. The summed E-state index contributed by atoms with van der Waals surface area (Å²) in [7, 11) is -5.45. The van der Waals surface area contributed by atoms with Crippen molar-refractivity contribution in [2.24, 2.45) is 0 Å². The van der Waals surface area contributed by atoms with Crippen LogP contribution in [-0.4, -0.2) is 28.9 Å². The first-order chi connectivity index (χ1) is 13.2. The smallest absolute Gasteiger partial charge is 0.344 e. The average molecular weight is 410 g/mol. The Kier molecular flexibility index (Phi) is 5.41. The van der Waals surface area contributed by atoms with Crippen molar-refractivity contribution in [1.29, 1.82) is 0 Å². The van der Waals surface area contributed by atoms with Gasteiger partial charge in [0.05, 0.1) is 5.69 Å². The van der Waals surface area contributed by atoms with Crippen molar-refractivity contribution in [2.75, 3.05) is 4.72 Å². The summed E-state index contributed by atoms with van der Waals surface area (Å²) in [5, 5.41) is 0. The number of nitrogens with one attached hydrogen (secondary N) is 2. The SMILES string of the molecule is CCCc1cc(-c2nc(-c3ccc(NS(=O)(=O)C(F)(F)F)cc3)c[nH]2)ccn1. The van der Waals surface area contributed by atoms with Crippen LogP contribution in [0.15, 0.2) is 48.8 Å². The number of halogens is 3. The Morgan fingerprint density at radius 2 is 1.82 bits per heavy atom. The lowest BCUT2D eigenvalue weighted by Crippen LogP contribution is -2.29. The van der Waals surface area contributed by atoms with Gasteiger partial charge in [-0.3, -0.25) is 9.71 Å². The molecule has 0 radical (unpaired) electrons. The highest BCUT2D eigenvalue weighted by Gasteiger charge is 2.46. The molecular formula is C18H17F3N4O2S. The molecule has 0 aliphatic carbocycles. The summed E-state index contributed by atoms with van der Waals surface area (Å²) in [5.41, 5.74) is -2.52. The number of aryl methyl sites for hydroxylation is 1. The zero-order valence-corrected chi connectivity index (χ0v) is 15.6. The van der Waals surface area contributed by atoms with E-state index < -0.39 is 15.5 Å². The van der Waals surface area contributed by atoms with E-state index in [0.717, 1.165) is 24.1 Å². The minimum atomic E-state index is -5.45. The molecule has 0 fully saturated rings. The van der Waals surface area contributed by atoms with Crippen molar-refractivity contribution in [3.05, 3.63) is 54.5 Å². The minimum Gasteiger partial charge on any atom is -0.344 e. The molecule has 0 unspecified atom stereocenters. The molecule has 0 amide bonds. The molecule has 3 rings (SSSR count). The van der Waals surface area contributed by atoms with Gasteiger partial charge in [-0.2, -0.15) is 21.6 Å². The Morgan fingerprint density at radius 1 is 1.11 bits per heavy atom. The van der Waals surface area contributed by atoms with Crippen LogP contribution in [0.3, 0.4) is 0 Å². The van der Waals surface area contributed by atoms with Crippen LogP contribution >= 0.6 is 0 Å². The van der Waals surface area contributed by atoms with Crippen LogP contribution in [0.2, 0.25) is 0 Å². The Balaban J connectivity index is 1.80. The van der Waals surface area contributed by atoms with Crippen LogP contribution in [-0.2, 0) is 16.4 Å². The number of nitrogens with zero attached hydrogens (tertiary/aromatic N) is 2. The van der Waals surface area contributed by atoms with E-state index in [4.69, 9.17) is 0 Å². The Labute approximate surface area is 159 Å². The maximum absolute atomic E-state index is 12.4. The number of alkyl halides is 3. The van der Waals surface area contributed by atoms with Gasteiger partial charge in [0.25, 0.3) is 0 Å². The molecule has 10 heteroatoms. The second kappa shape index (κ2) is 7.63. The largest absolute Gasteiger partial charge is 0.516 e. The van der Waals surface area contributed by atoms with Crippen molar-refractivity contribution in [2.45, 2.75) is 25.3 Å². The van der Waals surface area contributed by atoms with Gasteiger partial charge in [-0.1, -0.05) is 25.5 Å². The van der Waals surface area contributed by atoms with E-state index in [0.29, 0.717) is 17.1 Å². The summed E-state index contributed by atoms with van der Waals surface area (Å²) in [6.45, 7) is 2.07. The van der Waals surface area contributed by atoms with Gasteiger partial charge in [-0.25, -0.2) is 4.98 Å². The topological polar surface area (TPSA) is 87.7 Å². The normalized spacial score (nSPS) is 12.1. The van der Waals surface area contributed by atoms with Gasteiger partial charge >= 0.3 is 15.5 Å². The number of sulfonamides is 1. The predicted octanol–water partition coefficient (Wildman–Crippen LogP) is 4.35. The summed E-state index contributed by atoms with van der Waals surface area (Å²) in [4.78, 5) is 11.9. The van der Waals surface area contributed by atoms with Crippen molar-refractivity contribution in [3.63, 3.8) is 0 Å². The average Bonchev–Trinajstić information content (AvgIpc) is 3.12. The number of anilines is 1. The van der Waals surface area contributed by atoms with Gasteiger partial charge in [-0.15, -0.1) is 0 Å². The molecule has 1 aromatic carbocycles. The van der Waals surface area contributed by atoms with Crippen LogP contribution < -0.4 is 4.72 Å². The number of hydrogen-bond donors (Lipinski definition) is 2. The number of H-pyrrole nitrogens is 1. The van der Waals surface area contributed by atoms with E-state index in [-0.39, 0.29) is 5.69 Å². The number of rotatable bonds is 6. The molecule has 0 aliphatic rings. The van der Waals surface area contributed by atoms with Crippen LogP contribution in [0.4, 0.5) is 18.9 Å². The number of aromatic amines is 1. The highest BCUT2D eigenvalue weighted by molar-refractivity contribution is 7.93. The van der Waals surface area contributed by atoms with Crippen LogP contribution in [0.5, 0.6) is 0 Å². The summed E-state index contributed by atoms with van der Waals surface area (Å²) >= 11 is 0. The number of imidazole rings is 1. The first-order valence-electron chi connectivity index (χ1n) is 8.40. The molecule has 2 heterocycles. The molecule has 0 spiro atoms. The molecule has 2 aromatic heterocycles. The predicted molar refractivity (Wildman–Crippen MR) is 99.8 cm³/mol. The Hall–Kier alpha value is -2.88. The monoisotopic (exact) mass is 410 g/mol. The van der Waals surface area contributed by atoms with E-state index in [1.165, 1.54) is 29.0 Å². The maximum atomic E-state index is 12.4. The quantitative estimate of drug-likeness (QED) is 0.632. The lowest BCUT2D eigenvalue weighted by molar-refractivity contribution is -0.0429. The fourth-order valence-corrected chi connectivity index (χ4v) is 3.12. The number of hydrogen-bond acceptors (Lipinski definition) is 4. The molecule has 0 saturated carbocycles. The zero-order valence-electron chi connectivity index (χ0n) is 14.8. The highest BCUT2D eigenvalue weighted by atomic mass is 32.2. The van der Waals surface area contributed by atoms with E-state index in [1.54, 1.807) is 12.4 Å². The van der Waals surface area contributed by atoms with Gasteiger partial charge < -0.3 is 4.98 Å². The third kappa shape index (κ3) is 4.33. The van der Waals surface area contributed by atoms with Crippen LogP contribution in [0, 0.1) is 0 Å². The second-order valence-corrected chi connectivity index (χ2v) is 7.72. The fourth-order valence-electron chi connectivity index (χ4n) is 2.56. The molecule has 148 valence electrons. The number of benzene rings is 1. The molecule has 0 bridgehead atoms. The minimum absolute atomic E-state index is 0.185. The van der Waals surface area contributed by atoms with Crippen LogP contribution in [0.25, 0.3) is 22.6 Å². The third-order valence-electron chi connectivity index (χ3n) is 3.91. The Bertz CT molecular complexity index is 1060. The van der Waals surface area contributed by atoms with Gasteiger partial charge in [0.15, 0.2) is 0 Å². The van der Waals surface area contributed by atoms with Crippen molar-refractivity contribution in [1.82, 2.24) is 15.0 Å². The molecule has 0 aliphatic heterocycles. The molecule has 0 atom stereocenters. The summed E-state index contributed by atoms with van der Waals surface area (Å²) < 4.78 is 61.1. The molecule has 6 nitrogen and oxygen atoms in total. The van der Waals surface area contributed by atoms with Crippen molar-refractivity contribution in [3.8, 4) is 22.6 Å². The summed E-state index contributed by atoms with van der Waals surface area (Å²) in [6, 6.07) is 9.25. The van der Waals surface area contributed by atoms with Gasteiger partial charge in [-0.05, 0) is 30.7 Å². The van der Waals surface area contributed by atoms with Crippen LogP contribution in [0.1, 0.15) is 19.0 Å². The molecule has 0 saturated heterocycles.